The third kappa shape index (κ3) is 3.82. The summed E-state index contributed by atoms with van der Waals surface area (Å²) < 4.78 is 5.30. The molecule has 1 aromatic carbocycles. The number of benzene rings is 1. The van der Waals surface area contributed by atoms with Crippen molar-refractivity contribution < 1.29 is 9.53 Å². The quantitative estimate of drug-likeness (QED) is 0.774. The maximum atomic E-state index is 12.5. The van der Waals surface area contributed by atoms with Gasteiger partial charge in [-0.05, 0) is 55.7 Å². The predicted octanol–water partition coefficient (Wildman–Crippen LogP) is 4.13. The molecule has 2 bridgehead atoms. The highest BCUT2D eigenvalue weighted by molar-refractivity contribution is 5.86. The van der Waals surface area contributed by atoms with Crippen molar-refractivity contribution in [1.82, 2.24) is 5.32 Å². The van der Waals surface area contributed by atoms with Crippen molar-refractivity contribution in [3.05, 3.63) is 29.8 Å². The summed E-state index contributed by atoms with van der Waals surface area (Å²) in [4.78, 5) is 12.5. The Morgan fingerprint density at radius 3 is 2.70 bits per heavy atom. The molecule has 4 rings (SSSR count). The fourth-order valence-corrected chi connectivity index (χ4v) is 3.85. The highest BCUT2D eigenvalue weighted by Crippen LogP contribution is 2.64. The van der Waals surface area contributed by atoms with Crippen LogP contribution in [0.1, 0.15) is 51.0 Å². The zero-order valence-electron chi connectivity index (χ0n) is 14.1. The number of nitrogens with one attached hydrogen (secondary N) is 1. The summed E-state index contributed by atoms with van der Waals surface area (Å²) in [6.45, 7) is 2.20. The Morgan fingerprint density at radius 2 is 2.13 bits per heavy atom. The normalized spacial score (nSPS) is 25.4. The van der Waals surface area contributed by atoms with E-state index in [-0.39, 0.29) is 23.9 Å². The van der Waals surface area contributed by atoms with Crippen LogP contribution in [0, 0.1) is 11.3 Å². The SMILES string of the molecule is CCCC[C@@H](Cc1cccc(OC)c1)NC(=O)C12CC(C1)C2.Cl. The molecule has 0 aromatic heterocycles. The third-order valence-corrected chi connectivity index (χ3v) is 5.38. The van der Waals surface area contributed by atoms with Gasteiger partial charge in [-0.25, -0.2) is 0 Å². The number of methoxy groups -OCH3 is 1. The Bertz CT molecular complexity index is 529. The molecule has 1 N–H and O–H groups in total. The molecule has 23 heavy (non-hydrogen) atoms. The first kappa shape index (κ1) is 18.1. The van der Waals surface area contributed by atoms with Gasteiger partial charge in [0.1, 0.15) is 5.75 Å². The van der Waals surface area contributed by atoms with E-state index in [2.05, 4.69) is 24.4 Å². The Hall–Kier alpha value is -1.22. The zero-order valence-corrected chi connectivity index (χ0v) is 15.0. The van der Waals surface area contributed by atoms with Gasteiger partial charge in [0.05, 0.1) is 7.11 Å². The molecule has 3 nitrogen and oxygen atoms in total. The minimum Gasteiger partial charge on any atom is -0.497 e. The molecule has 3 aliphatic carbocycles. The van der Waals surface area contributed by atoms with E-state index in [1.807, 2.05) is 12.1 Å². The van der Waals surface area contributed by atoms with Crippen LogP contribution in [0.5, 0.6) is 5.75 Å². The maximum Gasteiger partial charge on any atom is 0.226 e. The lowest BCUT2D eigenvalue weighted by Gasteiger charge is -2.60. The Labute approximate surface area is 145 Å². The van der Waals surface area contributed by atoms with Gasteiger partial charge in [0.25, 0.3) is 0 Å². The molecule has 0 aliphatic heterocycles. The monoisotopic (exact) mass is 337 g/mol. The number of halogens is 1. The number of ether oxygens (including phenoxy) is 1. The summed E-state index contributed by atoms with van der Waals surface area (Å²) in [5.41, 5.74) is 1.25. The minimum absolute atomic E-state index is 0. The van der Waals surface area contributed by atoms with Crippen molar-refractivity contribution >= 4 is 18.3 Å². The molecule has 3 aliphatic rings. The molecular weight excluding hydrogens is 310 g/mol. The molecule has 128 valence electrons. The maximum absolute atomic E-state index is 12.5. The Kier molecular flexibility index (Phi) is 5.96. The molecule has 0 spiro atoms. The smallest absolute Gasteiger partial charge is 0.226 e. The summed E-state index contributed by atoms with van der Waals surface area (Å²) in [5.74, 6) is 2.04. The van der Waals surface area contributed by atoms with Crippen LogP contribution in [0.4, 0.5) is 0 Å². The molecule has 3 saturated carbocycles. The van der Waals surface area contributed by atoms with Crippen molar-refractivity contribution in [2.24, 2.45) is 11.3 Å². The predicted molar refractivity (Wildman–Crippen MR) is 95.2 cm³/mol. The lowest BCUT2D eigenvalue weighted by atomic mass is 9.44. The van der Waals surface area contributed by atoms with Gasteiger partial charge in [-0.15, -0.1) is 12.4 Å². The molecular formula is C19H28ClNO2. The topological polar surface area (TPSA) is 38.3 Å². The van der Waals surface area contributed by atoms with Gasteiger partial charge < -0.3 is 10.1 Å². The van der Waals surface area contributed by atoms with Crippen molar-refractivity contribution in [1.29, 1.82) is 0 Å². The van der Waals surface area contributed by atoms with Crippen LogP contribution in [0.15, 0.2) is 24.3 Å². The number of unbranched alkanes of at least 4 members (excludes halogenated alkanes) is 1. The Balaban J connectivity index is 0.00000192. The molecule has 0 heterocycles. The first-order valence-electron chi connectivity index (χ1n) is 8.59. The second-order valence-electron chi connectivity index (χ2n) is 7.13. The average molecular weight is 338 g/mol. The zero-order chi connectivity index (χ0) is 15.6. The second kappa shape index (κ2) is 7.57. The van der Waals surface area contributed by atoms with E-state index < -0.39 is 0 Å². The van der Waals surface area contributed by atoms with Crippen molar-refractivity contribution in [3.8, 4) is 5.75 Å². The molecule has 0 radical (unpaired) electrons. The van der Waals surface area contributed by atoms with Gasteiger partial charge in [-0.2, -0.15) is 0 Å². The van der Waals surface area contributed by atoms with Crippen LogP contribution in [-0.2, 0) is 11.2 Å². The fourth-order valence-electron chi connectivity index (χ4n) is 3.85. The first-order valence-corrected chi connectivity index (χ1v) is 8.59. The fraction of sp³-hybridized carbons (Fsp3) is 0.632. The molecule has 3 fully saturated rings. The largest absolute Gasteiger partial charge is 0.497 e. The van der Waals surface area contributed by atoms with Crippen molar-refractivity contribution in [3.63, 3.8) is 0 Å². The van der Waals surface area contributed by atoms with E-state index in [1.165, 1.54) is 5.56 Å². The van der Waals surface area contributed by atoms with E-state index in [1.54, 1.807) is 7.11 Å². The van der Waals surface area contributed by atoms with Crippen LogP contribution in [-0.4, -0.2) is 19.1 Å². The van der Waals surface area contributed by atoms with Gasteiger partial charge in [-0.3, -0.25) is 4.79 Å². The van der Waals surface area contributed by atoms with Gasteiger partial charge in [0.2, 0.25) is 5.91 Å². The number of rotatable bonds is 8. The summed E-state index contributed by atoms with van der Waals surface area (Å²) in [7, 11) is 1.69. The molecule has 1 aromatic rings. The number of carbonyl (C=O) groups is 1. The van der Waals surface area contributed by atoms with E-state index >= 15 is 0 Å². The molecule has 4 heteroatoms. The molecule has 1 atom stereocenters. The summed E-state index contributed by atoms with van der Waals surface area (Å²) in [6, 6.07) is 8.42. The van der Waals surface area contributed by atoms with Crippen LogP contribution in [0.3, 0.4) is 0 Å². The van der Waals surface area contributed by atoms with E-state index in [0.29, 0.717) is 5.91 Å². The van der Waals surface area contributed by atoms with Crippen LogP contribution >= 0.6 is 12.4 Å². The Morgan fingerprint density at radius 1 is 1.39 bits per heavy atom. The molecule has 0 saturated heterocycles. The molecule has 1 amide bonds. The third-order valence-electron chi connectivity index (χ3n) is 5.38. The van der Waals surface area contributed by atoms with Gasteiger partial charge in [0, 0.05) is 11.5 Å². The summed E-state index contributed by atoms with van der Waals surface area (Å²) in [5, 5.41) is 3.34. The molecule has 0 unspecified atom stereocenters. The van der Waals surface area contributed by atoms with E-state index in [4.69, 9.17) is 4.74 Å². The lowest BCUT2D eigenvalue weighted by Crippen LogP contribution is -2.61. The van der Waals surface area contributed by atoms with Crippen molar-refractivity contribution in [2.75, 3.05) is 7.11 Å². The minimum atomic E-state index is 0. The highest BCUT2D eigenvalue weighted by Gasteiger charge is 2.61. The van der Waals surface area contributed by atoms with Crippen LogP contribution in [0.25, 0.3) is 0 Å². The summed E-state index contributed by atoms with van der Waals surface area (Å²) >= 11 is 0. The van der Waals surface area contributed by atoms with E-state index in [9.17, 15) is 4.79 Å². The number of amides is 1. The number of hydrogen-bond acceptors (Lipinski definition) is 2. The second-order valence-corrected chi connectivity index (χ2v) is 7.13. The number of carbonyl (C=O) groups excluding carboxylic acids is 1. The standard InChI is InChI=1S/C19H27NO2.ClH/c1-3-4-7-16(9-14-6-5-8-17(10-14)22-2)20-18(21)19-11-15(12-19)13-19;/h5-6,8,10,15-16H,3-4,7,9,11-13H2,1-2H3,(H,20,21);1H/t15?,16-,19?;/m0./s1. The van der Waals surface area contributed by atoms with Gasteiger partial charge >= 0.3 is 0 Å². The lowest BCUT2D eigenvalue weighted by molar-refractivity contribution is -0.165. The average Bonchev–Trinajstić information content (AvgIpc) is 2.41. The van der Waals surface area contributed by atoms with Crippen molar-refractivity contribution in [2.45, 2.75) is 57.9 Å². The van der Waals surface area contributed by atoms with Crippen LogP contribution < -0.4 is 10.1 Å². The first-order chi connectivity index (χ1) is 10.6. The van der Waals surface area contributed by atoms with Gasteiger partial charge in [-0.1, -0.05) is 31.9 Å². The van der Waals surface area contributed by atoms with E-state index in [0.717, 1.165) is 56.6 Å². The highest BCUT2D eigenvalue weighted by atomic mass is 35.5. The summed E-state index contributed by atoms with van der Waals surface area (Å²) in [6.07, 6.45) is 7.64. The van der Waals surface area contributed by atoms with Gasteiger partial charge in [0.15, 0.2) is 0 Å². The number of hydrogen-bond donors (Lipinski definition) is 1. The van der Waals surface area contributed by atoms with Crippen LogP contribution in [0.2, 0.25) is 0 Å².